The SMILES string of the molecule is FC(c1cc2ccccc2o1)C1CCCNC1. The summed E-state index contributed by atoms with van der Waals surface area (Å²) in [5.41, 5.74) is 0.772. The van der Waals surface area contributed by atoms with E-state index in [4.69, 9.17) is 4.42 Å². The van der Waals surface area contributed by atoms with Gasteiger partial charge in [0.15, 0.2) is 6.17 Å². The van der Waals surface area contributed by atoms with E-state index in [2.05, 4.69) is 5.32 Å². The molecule has 3 heteroatoms. The van der Waals surface area contributed by atoms with Crippen molar-refractivity contribution >= 4 is 11.0 Å². The summed E-state index contributed by atoms with van der Waals surface area (Å²) < 4.78 is 19.9. The molecule has 2 nitrogen and oxygen atoms in total. The van der Waals surface area contributed by atoms with Crippen molar-refractivity contribution in [3.8, 4) is 0 Å². The molecule has 0 spiro atoms. The Kier molecular flexibility index (Phi) is 2.85. The molecule has 2 aromatic rings. The fourth-order valence-corrected chi connectivity index (χ4v) is 2.50. The zero-order valence-electron chi connectivity index (χ0n) is 9.66. The molecule has 1 N–H and O–H groups in total. The van der Waals surface area contributed by atoms with Gasteiger partial charge in [0, 0.05) is 17.8 Å². The highest BCUT2D eigenvalue weighted by Gasteiger charge is 2.27. The van der Waals surface area contributed by atoms with Crippen LogP contribution >= 0.6 is 0 Å². The lowest BCUT2D eigenvalue weighted by atomic mass is 9.93. The Labute approximate surface area is 99.8 Å². The molecule has 1 fully saturated rings. The van der Waals surface area contributed by atoms with Crippen molar-refractivity contribution in [1.82, 2.24) is 5.32 Å². The third-order valence-corrected chi connectivity index (χ3v) is 3.47. The van der Waals surface area contributed by atoms with Crippen LogP contribution in [0.3, 0.4) is 0 Å². The average molecular weight is 233 g/mol. The number of alkyl halides is 1. The largest absolute Gasteiger partial charge is 0.458 e. The summed E-state index contributed by atoms with van der Waals surface area (Å²) in [6.45, 7) is 1.75. The third-order valence-electron chi connectivity index (χ3n) is 3.47. The first kappa shape index (κ1) is 10.8. The van der Waals surface area contributed by atoms with Crippen LogP contribution in [0.1, 0.15) is 24.8 Å². The molecule has 2 heterocycles. The highest BCUT2D eigenvalue weighted by Crippen LogP contribution is 2.33. The van der Waals surface area contributed by atoms with Gasteiger partial charge >= 0.3 is 0 Å². The molecule has 1 aliphatic rings. The van der Waals surface area contributed by atoms with Gasteiger partial charge < -0.3 is 9.73 Å². The van der Waals surface area contributed by atoms with Gasteiger partial charge in [-0.2, -0.15) is 0 Å². The van der Waals surface area contributed by atoms with Gasteiger partial charge in [-0.1, -0.05) is 18.2 Å². The summed E-state index contributed by atoms with van der Waals surface area (Å²) in [4.78, 5) is 0. The van der Waals surface area contributed by atoms with Gasteiger partial charge in [-0.3, -0.25) is 0 Å². The van der Waals surface area contributed by atoms with Crippen LogP contribution in [0.4, 0.5) is 4.39 Å². The predicted molar refractivity (Wildman–Crippen MR) is 65.7 cm³/mol. The molecule has 0 radical (unpaired) electrons. The van der Waals surface area contributed by atoms with Crippen LogP contribution in [-0.4, -0.2) is 13.1 Å². The average Bonchev–Trinajstić information content (AvgIpc) is 2.82. The predicted octanol–water partition coefficient (Wildman–Crippen LogP) is 3.44. The highest BCUT2D eigenvalue weighted by atomic mass is 19.1. The molecular formula is C14H16FNO. The number of furan rings is 1. The van der Waals surface area contributed by atoms with Crippen molar-refractivity contribution in [2.45, 2.75) is 19.0 Å². The molecule has 90 valence electrons. The molecule has 0 bridgehead atoms. The van der Waals surface area contributed by atoms with Gasteiger partial charge in [-0.05, 0) is 31.5 Å². The zero-order chi connectivity index (χ0) is 11.7. The van der Waals surface area contributed by atoms with E-state index in [0.29, 0.717) is 5.76 Å². The molecule has 2 unspecified atom stereocenters. The Morgan fingerprint density at radius 3 is 3.00 bits per heavy atom. The molecule has 1 saturated heterocycles. The van der Waals surface area contributed by atoms with E-state index in [-0.39, 0.29) is 5.92 Å². The van der Waals surface area contributed by atoms with E-state index >= 15 is 0 Å². The Hall–Kier alpha value is -1.35. The number of fused-ring (bicyclic) bond motifs is 1. The molecule has 1 aliphatic heterocycles. The summed E-state index contributed by atoms with van der Waals surface area (Å²) in [5, 5.41) is 4.22. The van der Waals surface area contributed by atoms with Crippen LogP contribution in [0.25, 0.3) is 11.0 Å². The molecule has 0 saturated carbocycles. The lowest BCUT2D eigenvalue weighted by molar-refractivity contribution is 0.170. The van der Waals surface area contributed by atoms with Gasteiger partial charge in [0.1, 0.15) is 11.3 Å². The van der Waals surface area contributed by atoms with E-state index in [1.54, 1.807) is 0 Å². The topological polar surface area (TPSA) is 25.2 Å². The third kappa shape index (κ3) is 2.07. The number of halogens is 1. The first-order chi connectivity index (χ1) is 8.34. The summed E-state index contributed by atoms with van der Waals surface area (Å²) >= 11 is 0. The summed E-state index contributed by atoms with van der Waals surface area (Å²) in [5.74, 6) is 0.518. The van der Waals surface area contributed by atoms with Crippen LogP contribution in [-0.2, 0) is 0 Å². The molecule has 0 amide bonds. The number of benzene rings is 1. The summed E-state index contributed by atoms with van der Waals surface area (Å²) in [7, 11) is 0. The maximum atomic E-state index is 14.3. The molecule has 17 heavy (non-hydrogen) atoms. The minimum Gasteiger partial charge on any atom is -0.458 e. The van der Waals surface area contributed by atoms with E-state index in [9.17, 15) is 4.39 Å². The second kappa shape index (κ2) is 4.49. The number of rotatable bonds is 2. The van der Waals surface area contributed by atoms with Gasteiger partial charge in [0.25, 0.3) is 0 Å². The van der Waals surface area contributed by atoms with Crippen LogP contribution in [0.15, 0.2) is 34.7 Å². The van der Waals surface area contributed by atoms with Crippen molar-refractivity contribution in [1.29, 1.82) is 0 Å². The molecule has 0 aliphatic carbocycles. The highest BCUT2D eigenvalue weighted by molar-refractivity contribution is 5.77. The number of hydrogen-bond acceptors (Lipinski definition) is 2. The Bertz CT molecular complexity index is 469. The van der Waals surface area contributed by atoms with Crippen molar-refractivity contribution in [2.24, 2.45) is 5.92 Å². The molecule has 1 aromatic heterocycles. The maximum Gasteiger partial charge on any atom is 0.162 e. The standard InChI is InChI=1S/C14H16FNO/c15-14(11-5-3-7-16-9-11)13-8-10-4-1-2-6-12(10)17-13/h1-2,4,6,8,11,14,16H,3,5,7,9H2. The maximum absolute atomic E-state index is 14.3. The molecule has 2 atom stereocenters. The minimum atomic E-state index is -0.991. The zero-order valence-corrected chi connectivity index (χ0v) is 9.66. The monoisotopic (exact) mass is 233 g/mol. The fourth-order valence-electron chi connectivity index (χ4n) is 2.50. The molecular weight excluding hydrogens is 217 g/mol. The van der Waals surface area contributed by atoms with Crippen molar-refractivity contribution < 1.29 is 8.81 Å². The number of piperidine rings is 1. The van der Waals surface area contributed by atoms with Crippen LogP contribution in [0.5, 0.6) is 0 Å². The number of hydrogen-bond donors (Lipinski definition) is 1. The Morgan fingerprint density at radius 1 is 1.35 bits per heavy atom. The first-order valence-electron chi connectivity index (χ1n) is 6.18. The summed E-state index contributed by atoms with van der Waals surface area (Å²) in [6.07, 6.45) is 0.992. The normalized spacial score (nSPS) is 22.8. The Balaban J connectivity index is 1.86. The van der Waals surface area contributed by atoms with Crippen molar-refractivity contribution in [3.05, 3.63) is 36.1 Å². The van der Waals surface area contributed by atoms with E-state index < -0.39 is 6.17 Å². The summed E-state index contributed by atoms with van der Waals surface area (Å²) in [6, 6.07) is 9.51. The second-order valence-corrected chi connectivity index (χ2v) is 4.69. The second-order valence-electron chi connectivity index (χ2n) is 4.69. The van der Waals surface area contributed by atoms with Crippen LogP contribution in [0, 0.1) is 5.92 Å². The lowest BCUT2D eigenvalue weighted by Gasteiger charge is -2.24. The smallest absolute Gasteiger partial charge is 0.162 e. The number of para-hydroxylation sites is 1. The van der Waals surface area contributed by atoms with Gasteiger partial charge in [0.2, 0.25) is 0 Å². The van der Waals surface area contributed by atoms with Crippen molar-refractivity contribution in [3.63, 3.8) is 0 Å². The van der Waals surface area contributed by atoms with Gasteiger partial charge in [-0.25, -0.2) is 4.39 Å². The van der Waals surface area contributed by atoms with Gasteiger partial charge in [-0.15, -0.1) is 0 Å². The first-order valence-corrected chi connectivity index (χ1v) is 6.18. The van der Waals surface area contributed by atoms with E-state index in [1.165, 1.54) is 0 Å². The lowest BCUT2D eigenvalue weighted by Crippen LogP contribution is -2.32. The molecule has 3 rings (SSSR count). The fraction of sp³-hybridized carbons (Fsp3) is 0.429. The molecule has 1 aromatic carbocycles. The minimum absolute atomic E-state index is 0.0457. The van der Waals surface area contributed by atoms with Crippen LogP contribution < -0.4 is 5.32 Å². The Morgan fingerprint density at radius 2 is 2.24 bits per heavy atom. The quantitative estimate of drug-likeness (QED) is 0.859. The van der Waals surface area contributed by atoms with E-state index in [0.717, 1.165) is 36.9 Å². The van der Waals surface area contributed by atoms with Gasteiger partial charge in [0.05, 0.1) is 0 Å². The number of nitrogens with one attached hydrogen (secondary N) is 1. The van der Waals surface area contributed by atoms with E-state index in [1.807, 2.05) is 30.3 Å². The van der Waals surface area contributed by atoms with Crippen LogP contribution in [0.2, 0.25) is 0 Å². The van der Waals surface area contributed by atoms with Crippen molar-refractivity contribution in [2.75, 3.05) is 13.1 Å².